The molecule has 222 valence electrons. The number of nitrogens with zero attached hydrogens (tertiary/aromatic N) is 2. The number of carboxylic acid groups (broad SMARTS) is 1. The highest BCUT2D eigenvalue weighted by Crippen LogP contribution is 2.44. The third-order valence-corrected chi connectivity index (χ3v) is 8.68. The topological polar surface area (TPSA) is 99.5 Å². The molecule has 2 aliphatic rings. The Bertz CT molecular complexity index is 1450. The first-order valence-corrected chi connectivity index (χ1v) is 14.6. The van der Waals surface area contributed by atoms with Gasteiger partial charge in [-0.15, -0.1) is 0 Å². The zero-order valence-corrected chi connectivity index (χ0v) is 25.1. The molecule has 1 saturated heterocycles. The molecule has 2 N–H and O–H groups in total. The Hall–Kier alpha value is -3.75. The van der Waals surface area contributed by atoms with E-state index in [1.807, 2.05) is 74.5 Å². The molecule has 0 radical (unpaired) electrons. The van der Waals surface area contributed by atoms with E-state index >= 15 is 0 Å². The standard InChI is InChI=1S/C33H37ClN2O6/c1-20(2)42-29-19-27-22(17-28(29)41-4)18-30(37)36(31(27)21-5-9-25(34)10-6-21)26-11-7-23(8-12-26)33(3,40)24-13-15-35(16-14-24)32(38)39/h5-12,17,19-20,24,31,40H,13-16,18H2,1-4H3,(H,38,39)/t31-,33?/m0/s1. The van der Waals surface area contributed by atoms with Crippen molar-refractivity contribution in [2.75, 3.05) is 25.1 Å². The van der Waals surface area contributed by atoms with Gasteiger partial charge in [0.1, 0.15) is 0 Å². The number of hydrogen-bond donors (Lipinski definition) is 2. The fourth-order valence-electron chi connectivity index (χ4n) is 6.16. The van der Waals surface area contributed by atoms with Crippen molar-refractivity contribution >= 4 is 29.3 Å². The fraction of sp³-hybridized carbons (Fsp3) is 0.394. The van der Waals surface area contributed by atoms with E-state index in [0.29, 0.717) is 48.1 Å². The summed E-state index contributed by atoms with van der Waals surface area (Å²) < 4.78 is 11.7. The van der Waals surface area contributed by atoms with Crippen LogP contribution >= 0.6 is 11.6 Å². The smallest absolute Gasteiger partial charge is 0.407 e. The summed E-state index contributed by atoms with van der Waals surface area (Å²) in [6.07, 6.45) is 0.349. The van der Waals surface area contributed by atoms with E-state index in [1.165, 1.54) is 4.90 Å². The Morgan fingerprint density at radius 2 is 1.67 bits per heavy atom. The number of methoxy groups -OCH3 is 1. The molecule has 1 fully saturated rings. The van der Waals surface area contributed by atoms with E-state index in [4.69, 9.17) is 21.1 Å². The molecular formula is C33H37ClN2O6. The number of benzene rings is 3. The third-order valence-electron chi connectivity index (χ3n) is 8.43. The van der Waals surface area contributed by atoms with Gasteiger partial charge in [-0.2, -0.15) is 0 Å². The molecule has 2 heterocycles. The number of anilines is 1. The number of amides is 2. The van der Waals surface area contributed by atoms with Crippen molar-refractivity contribution < 1.29 is 29.3 Å². The van der Waals surface area contributed by atoms with Crippen LogP contribution < -0.4 is 14.4 Å². The number of likely N-dealkylation sites (tertiary alicyclic amines) is 1. The number of halogens is 1. The van der Waals surface area contributed by atoms with Gasteiger partial charge in [-0.3, -0.25) is 4.79 Å². The number of fused-ring (bicyclic) bond motifs is 1. The predicted octanol–water partition coefficient (Wildman–Crippen LogP) is 6.41. The summed E-state index contributed by atoms with van der Waals surface area (Å²) in [4.78, 5) is 28.3. The first kappa shape index (κ1) is 29.7. The van der Waals surface area contributed by atoms with E-state index in [1.54, 1.807) is 18.9 Å². The highest BCUT2D eigenvalue weighted by Gasteiger charge is 2.39. The molecule has 8 nitrogen and oxygen atoms in total. The molecule has 3 aromatic rings. The van der Waals surface area contributed by atoms with Gasteiger partial charge in [-0.25, -0.2) is 4.79 Å². The van der Waals surface area contributed by atoms with Crippen molar-refractivity contribution in [1.29, 1.82) is 0 Å². The lowest BCUT2D eigenvalue weighted by atomic mass is 9.77. The minimum absolute atomic E-state index is 0.0658. The average molecular weight is 593 g/mol. The Balaban J connectivity index is 1.52. The summed E-state index contributed by atoms with van der Waals surface area (Å²) in [6.45, 7) is 6.48. The number of aliphatic hydroxyl groups is 1. The lowest BCUT2D eigenvalue weighted by molar-refractivity contribution is -0.118. The lowest BCUT2D eigenvalue weighted by Crippen LogP contribution is -2.44. The number of ether oxygens (including phenoxy) is 2. The molecule has 1 unspecified atom stereocenters. The molecule has 5 rings (SSSR count). The maximum Gasteiger partial charge on any atom is 0.407 e. The lowest BCUT2D eigenvalue weighted by Gasteiger charge is -2.40. The maximum absolute atomic E-state index is 13.8. The van der Waals surface area contributed by atoms with Crippen LogP contribution in [0.15, 0.2) is 60.7 Å². The minimum Gasteiger partial charge on any atom is -0.493 e. The quantitative estimate of drug-likeness (QED) is 0.329. The monoisotopic (exact) mass is 592 g/mol. The molecule has 2 aliphatic heterocycles. The summed E-state index contributed by atoms with van der Waals surface area (Å²) in [5.41, 5.74) is 3.00. The van der Waals surface area contributed by atoms with Crippen LogP contribution in [0.5, 0.6) is 11.5 Å². The second kappa shape index (κ2) is 11.9. The van der Waals surface area contributed by atoms with Crippen LogP contribution in [0, 0.1) is 5.92 Å². The second-order valence-corrected chi connectivity index (χ2v) is 11.9. The van der Waals surface area contributed by atoms with E-state index in [9.17, 15) is 19.8 Å². The van der Waals surface area contributed by atoms with Gasteiger partial charge in [0.2, 0.25) is 5.91 Å². The SMILES string of the molecule is COc1cc2c(cc1OC(C)C)[C@H](c1ccc(Cl)cc1)N(c1ccc(C(C)(O)C3CCN(C(=O)O)CC3)cc1)C(=O)C2. The Morgan fingerprint density at radius 1 is 1.02 bits per heavy atom. The molecule has 9 heteroatoms. The Labute approximate surface area is 251 Å². The summed E-state index contributed by atoms with van der Waals surface area (Å²) in [6, 6.07) is 18.4. The van der Waals surface area contributed by atoms with Gasteiger partial charge in [0.05, 0.1) is 31.3 Å². The maximum atomic E-state index is 13.8. The molecule has 0 aromatic heterocycles. The van der Waals surface area contributed by atoms with Crippen molar-refractivity contribution in [3.63, 3.8) is 0 Å². The van der Waals surface area contributed by atoms with Crippen molar-refractivity contribution in [3.8, 4) is 11.5 Å². The van der Waals surface area contributed by atoms with Crippen LogP contribution in [-0.2, 0) is 16.8 Å². The van der Waals surface area contributed by atoms with Gasteiger partial charge in [0.15, 0.2) is 11.5 Å². The van der Waals surface area contributed by atoms with Gasteiger partial charge in [-0.1, -0.05) is 35.9 Å². The van der Waals surface area contributed by atoms with Crippen molar-refractivity contribution in [1.82, 2.24) is 4.90 Å². The van der Waals surface area contributed by atoms with Crippen molar-refractivity contribution in [2.24, 2.45) is 5.92 Å². The van der Waals surface area contributed by atoms with Gasteiger partial charge < -0.3 is 29.5 Å². The minimum atomic E-state index is -1.14. The fourth-order valence-corrected chi connectivity index (χ4v) is 6.28. The summed E-state index contributed by atoms with van der Waals surface area (Å²) >= 11 is 6.23. The Kier molecular flexibility index (Phi) is 8.39. The molecule has 3 aromatic carbocycles. The number of rotatable bonds is 7. The Morgan fingerprint density at radius 3 is 2.24 bits per heavy atom. The van der Waals surface area contributed by atoms with E-state index < -0.39 is 17.7 Å². The molecule has 2 amide bonds. The van der Waals surface area contributed by atoms with E-state index in [2.05, 4.69) is 0 Å². The van der Waals surface area contributed by atoms with Crippen LogP contribution in [0.1, 0.15) is 61.9 Å². The molecule has 0 spiro atoms. The molecule has 0 saturated carbocycles. The molecule has 2 atom stereocenters. The molecule has 42 heavy (non-hydrogen) atoms. The summed E-state index contributed by atoms with van der Waals surface area (Å²) in [7, 11) is 1.59. The molecular weight excluding hydrogens is 556 g/mol. The van der Waals surface area contributed by atoms with Crippen LogP contribution in [0.2, 0.25) is 5.02 Å². The van der Waals surface area contributed by atoms with Crippen LogP contribution in [0.4, 0.5) is 10.5 Å². The van der Waals surface area contributed by atoms with Gasteiger partial charge >= 0.3 is 6.09 Å². The summed E-state index contributed by atoms with van der Waals surface area (Å²) in [5, 5.41) is 21.4. The predicted molar refractivity (Wildman–Crippen MR) is 162 cm³/mol. The first-order valence-electron chi connectivity index (χ1n) is 14.2. The zero-order valence-electron chi connectivity index (χ0n) is 24.3. The number of hydrogen-bond acceptors (Lipinski definition) is 5. The highest BCUT2D eigenvalue weighted by molar-refractivity contribution is 6.30. The number of piperidine rings is 1. The van der Waals surface area contributed by atoms with Crippen molar-refractivity contribution in [3.05, 3.63) is 87.9 Å². The van der Waals surface area contributed by atoms with Gasteiger partial charge in [0.25, 0.3) is 0 Å². The van der Waals surface area contributed by atoms with E-state index in [-0.39, 0.29) is 24.3 Å². The summed E-state index contributed by atoms with van der Waals surface area (Å²) in [5.74, 6) is 1.04. The largest absolute Gasteiger partial charge is 0.493 e. The molecule has 0 aliphatic carbocycles. The number of carbonyl (C=O) groups is 2. The van der Waals surface area contributed by atoms with E-state index in [0.717, 1.165) is 22.3 Å². The molecule has 0 bridgehead atoms. The normalized spacial score (nSPS) is 18.9. The van der Waals surface area contributed by atoms with Crippen molar-refractivity contribution in [2.45, 2.75) is 57.8 Å². The van der Waals surface area contributed by atoms with Crippen LogP contribution in [-0.4, -0.2) is 53.4 Å². The zero-order chi connectivity index (χ0) is 30.2. The van der Waals surface area contributed by atoms with Crippen LogP contribution in [0.3, 0.4) is 0 Å². The highest BCUT2D eigenvalue weighted by atomic mass is 35.5. The number of carbonyl (C=O) groups excluding carboxylic acids is 1. The second-order valence-electron chi connectivity index (χ2n) is 11.5. The van der Waals surface area contributed by atoms with Crippen LogP contribution in [0.25, 0.3) is 0 Å². The van der Waals surface area contributed by atoms with Gasteiger partial charge in [0, 0.05) is 23.8 Å². The average Bonchev–Trinajstić information content (AvgIpc) is 2.96. The third kappa shape index (κ3) is 5.78. The first-order chi connectivity index (χ1) is 20.0. The van der Waals surface area contributed by atoms with Gasteiger partial charge in [-0.05, 0) is 98.2 Å².